The fourth-order valence-corrected chi connectivity index (χ4v) is 3.33. The van der Waals surface area contributed by atoms with Crippen molar-refractivity contribution in [3.63, 3.8) is 0 Å². The van der Waals surface area contributed by atoms with Crippen molar-refractivity contribution in [3.05, 3.63) is 71.3 Å². The molecule has 0 spiro atoms. The monoisotopic (exact) mass is 367 g/mol. The molecule has 25 heavy (non-hydrogen) atoms. The van der Waals surface area contributed by atoms with Gasteiger partial charge in [0.2, 0.25) is 0 Å². The van der Waals surface area contributed by atoms with Crippen LogP contribution >= 0.6 is 12.4 Å². The predicted molar refractivity (Wildman–Crippen MR) is 99.0 cm³/mol. The Hall–Kier alpha value is -1.53. The van der Waals surface area contributed by atoms with Gasteiger partial charge in [-0.25, -0.2) is 8.78 Å². The fourth-order valence-electron chi connectivity index (χ4n) is 3.33. The van der Waals surface area contributed by atoms with Gasteiger partial charge in [-0.1, -0.05) is 24.3 Å². The Bertz CT molecular complexity index is 595. The standard InChI is InChI=1S/C19H23F2N3.ClH/c20-17-5-1-15(2-6-17)19(16-3-7-18(21)8-4-16)24-13-11-23(10-9-22)12-14-24;/h1-8,19H,9-14,22H2;1H. The summed E-state index contributed by atoms with van der Waals surface area (Å²) in [4.78, 5) is 4.72. The Morgan fingerprint density at radius 1 is 0.800 bits per heavy atom. The number of benzene rings is 2. The maximum Gasteiger partial charge on any atom is 0.123 e. The average Bonchev–Trinajstić information content (AvgIpc) is 2.60. The number of nitrogens with two attached hydrogens (primary N) is 1. The lowest BCUT2D eigenvalue weighted by atomic mass is 9.96. The maximum absolute atomic E-state index is 13.3. The van der Waals surface area contributed by atoms with E-state index in [2.05, 4.69) is 9.80 Å². The predicted octanol–water partition coefficient (Wildman–Crippen LogP) is 3.05. The van der Waals surface area contributed by atoms with Gasteiger partial charge in [0, 0.05) is 39.3 Å². The molecule has 2 aromatic rings. The largest absolute Gasteiger partial charge is 0.329 e. The van der Waals surface area contributed by atoms with E-state index in [1.807, 2.05) is 24.3 Å². The molecule has 136 valence electrons. The van der Waals surface area contributed by atoms with Crippen LogP contribution in [0, 0.1) is 11.6 Å². The third-order valence-corrected chi connectivity index (χ3v) is 4.59. The summed E-state index contributed by atoms with van der Waals surface area (Å²) in [5.41, 5.74) is 7.68. The Labute approximate surface area is 153 Å². The molecule has 0 atom stereocenters. The lowest BCUT2D eigenvalue weighted by Crippen LogP contribution is -2.49. The summed E-state index contributed by atoms with van der Waals surface area (Å²) < 4.78 is 26.6. The van der Waals surface area contributed by atoms with Crippen molar-refractivity contribution in [1.29, 1.82) is 0 Å². The average molecular weight is 368 g/mol. The summed E-state index contributed by atoms with van der Waals surface area (Å²) >= 11 is 0. The number of rotatable bonds is 5. The van der Waals surface area contributed by atoms with Crippen LogP contribution < -0.4 is 5.73 Å². The molecule has 0 amide bonds. The number of nitrogens with zero attached hydrogens (tertiary/aromatic N) is 2. The zero-order valence-corrected chi connectivity index (χ0v) is 14.9. The van der Waals surface area contributed by atoms with Crippen LogP contribution in [0.1, 0.15) is 17.2 Å². The highest BCUT2D eigenvalue weighted by Crippen LogP contribution is 2.30. The molecule has 0 bridgehead atoms. The molecule has 1 aliphatic rings. The minimum atomic E-state index is -0.246. The van der Waals surface area contributed by atoms with Crippen molar-refractivity contribution in [2.45, 2.75) is 6.04 Å². The highest BCUT2D eigenvalue weighted by molar-refractivity contribution is 5.85. The number of hydrogen-bond donors (Lipinski definition) is 1. The van der Waals surface area contributed by atoms with Crippen molar-refractivity contribution in [1.82, 2.24) is 9.80 Å². The highest BCUT2D eigenvalue weighted by Gasteiger charge is 2.26. The van der Waals surface area contributed by atoms with Crippen molar-refractivity contribution >= 4 is 12.4 Å². The van der Waals surface area contributed by atoms with Crippen LogP contribution in [0.3, 0.4) is 0 Å². The van der Waals surface area contributed by atoms with Gasteiger partial charge < -0.3 is 5.73 Å². The number of hydrogen-bond acceptors (Lipinski definition) is 3. The van der Waals surface area contributed by atoms with Gasteiger partial charge in [-0.3, -0.25) is 9.80 Å². The van der Waals surface area contributed by atoms with Crippen molar-refractivity contribution in [3.8, 4) is 0 Å². The quantitative estimate of drug-likeness (QED) is 0.881. The van der Waals surface area contributed by atoms with Crippen LogP contribution in [0.25, 0.3) is 0 Å². The van der Waals surface area contributed by atoms with Gasteiger partial charge in [0.15, 0.2) is 0 Å². The summed E-state index contributed by atoms with van der Waals surface area (Å²) in [5, 5.41) is 0. The molecule has 1 heterocycles. The highest BCUT2D eigenvalue weighted by atomic mass is 35.5. The van der Waals surface area contributed by atoms with Gasteiger partial charge in [0.25, 0.3) is 0 Å². The van der Waals surface area contributed by atoms with E-state index < -0.39 is 0 Å². The second kappa shape index (κ2) is 9.25. The first-order valence-electron chi connectivity index (χ1n) is 8.35. The maximum atomic E-state index is 13.3. The van der Waals surface area contributed by atoms with Gasteiger partial charge in [0.1, 0.15) is 11.6 Å². The normalized spacial score (nSPS) is 16.0. The van der Waals surface area contributed by atoms with E-state index in [4.69, 9.17) is 5.73 Å². The summed E-state index contributed by atoms with van der Waals surface area (Å²) in [6.07, 6.45) is 0. The first kappa shape index (κ1) is 19.8. The Morgan fingerprint density at radius 3 is 1.64 bits per heavy atom. The van der Waals surface area contributed by atoms with Crippen LogP contribution in [0.4, 0.5) is 8.78 Å². The topological polar surface area (TPSA) is 32.5 Å². The van der Waals surface area contributed by atoms with Gasteiger partial charge in [-0.2, -0.15) is 0 Å². The van der Waals surface area contributed by atoms with Gasteiger partial charge >= 0.3 is 0 Å². The molecular weight excluding hydrogens is 344 g/mol. The molecule has 1 aliphatic heterocycles. The van der Waals surface area contributed by atoms with E-state index in [0.717, 1.165) is 43.9 Å². The molecule has 0 aliphatic carbocycles. The molecule has 3 rings (SSSR count). The summed E-state index contributed by atoms with van der Waals surface area (Å²) in [6, 6.07) is 13.2. The van der Waals surface area contributed by atoms with Crippen molar-refractivity contribution < 1.29 is 8.78 Å². The zero-order chi connectivity index (χ0) is 16.9. The van der Waals surface area contributed by atoms with E-state index in [1.165, 1.54) is 24.3 Å². The molecule has 0 unspecified atom stereocenters. The molecule has 0 saturated carbocycles. The van der Waals surface area contributed by atoms with E-state index in [0.29, 0.717) is 6.54 Å². The molecule has 2 aromatic carbocycles. The van der Waals surface area contributed by atoms with Gasteiger partial charge in [0.05, 0.1) is 6.04 Å². The molecular formula is C19H24ClF2N3. The molecule has 1 fully saturated rings. The van der Waals surface area contributed by atoms with E-state index in [-0.39, 0.29) is 30.1 Å². The summed E-state index contributed by atoms with van der Waals surface area (Å²) in [6.45, 7) is 5.29. The molecule has 0 aromatic heterocycles. The Balaban J connectivity index is 0.00000225. The lowest BCUT2D eigenvalue weighted by molar-refractivity contribution is 0.111. The van der Waals surface area contributed by atoms with Crippen molar-refractivity contribution in [2.75, 3.05) is 39.3 Å². The minimum absolute atomic E-state index is 0. The molecule has 6 heteroatoms. The van der Waals surface area contributed by atoms with Crippen LogP contribution in [0.15, 0.2) is 48.5 Å². The van der Waals surface area contributed by atoms with E-state index in [1.54, 1.807) is 0 Å². The summed E-state index contributed by atoms with van der Waals surface area (Å²) in [5.74, 6) is -0.492. The van der Waals surface area contributed by atoms with E-state index in [9.17, 15) is 8.78 Å². The minimum Gasteiger partial charge on any atom is -0.329 e. The summed E-state index contributed by atoms with van der Waals surface area (Å²) in [7, 11) is 0. The first-order valence-corrected chi connectivity index (χ1v) is 8.35. The molecule has 3 nitrogen and oxygen atoms in total. The third-order valence-electron chi connectivity index (χ3n) is 4.59. The van der Waals surface area contributed by atoms with Crippen LogP contribution in [0.2, 0.25) is 0 Å². The fraction of sp³-hybridized carbons (Fsp3) is 0.368. The van der Waals surface area contributed by atoms with Crippen LogP contribution in [-0.2, 0) is 0 Å². The Morgan fingerprint density at radius 2 is 1.24 bits per heavy atom. The van der Waals surface area contributed by atoms with Crippen LogP contribution in [-0.4, -0.2) is 49.1 Å². The SMILES string of the molecule is Cl.NCCN1CCN(C(c2ccc(F)cc2)c2ccc(F)cc2)CC1. The lowest BCUT2D eigenvalue weighted by Gasteiger charge is -2.39. The second-order valence-corrected chi connectivity index (χ2v) is 6.17. The van der Waals surface area contributed by atoms with Gasteiger partial charge in [-0.15, -0.1) is 12.4 Å². The number of halogens is 3. The molecule has 1 saturated heterocycles. The van der Waals surface area contributed by atoms with E-state index >= 15 is 0 Å². The third kappa shape index (κ3) is 4.98. The smallest absolute Gasteiger partial charge is 0.123 e. The number of piperazine rings is 1. The van der Waals surface area contributed by atoms with Gasteiger partial charge in [-0.05, 0) is 35.4 Å². The first-order chi connectivity index (χ1) is 11.7. The molecule has 2 N–H and O–H groups in total. The zero-order valence-electron chi connectivity index (χ0n) is 14.1. The second-order valence-electron chi connectivity index (χ2n) is 6.17. The Kier molecular flexibility index (Phi) is 7.32. The van der Waals surface area contributed by atoms with Crippen LogP contribution in [0.5, 0.6) is 0 Å². The van der Waals surface area contributed by atoms with Crippen molar-refractivity contribution in [2.24, 2.45) is 5.73 Å². The molecule has 0 radical (unpaired) electrons.